The molecule has 0 heterocycles. The fourth-order valence-corrected chi connectivity index (χ4v) is 5.33. The molecule has 6 rings (SSSR count). The van der Waals surface area contributed by atoms with E-state index < -0.39 is 0 Å². The molecule has 0 spiro atoms. The van der Waals surface area contributed by atoms with Crippen molar-refractivity contribution in [3.63, 3.8) is 0 Å². The standard InChI is InChI=1S/C35H29N/c1-24-15-19-29(20-16-24)36(33-21-17-25(2)23-26(33)3)34-22-18-28-10-5-7-13-31(28)35(34)32-14-8-11-27-9-4-6-12-30(27)32/h4-23H,1-3H3. The maximum absolute atomic E-state index is 2.43. The summed E-state index contributed by atoms with van der Waals surface area (Å²) < 4.78 is 0. The molecule has 36 heavy (non-hydrogen) atoms. The van der Waals surface area contributed by atoms with E-state index in [9.17, 15) is 0 Å². The summed E-state index contributed by atoms with van der Waals surface area (Å²) in [5.41, 5.74) is 9.83. The van der Waals surface area contributed by atoms with Crippen molar-refractivity contribution in [2.45, 2.75) is 20.8 Å². The third-order valence-corrected chi connectivity index (χ3v) is 7.09. The Labute approximate surface area is 213 Å². The Morgan fingerprint density at radius 3 is 1.83 bits per heavy atom. The van der Waals surface area contributed by atoms with E-state index in [4.69, 9.17) is 0 Å². The lowest BCUT2D eigenvalue weighted by Gasteiger charge is -2.30. The largest absolute Gasteiger partial charge is 0.310 e. The van der Waals surface area contributed by atoms with E-state index in [-0.39, 0.29) is 0 Å². The van der Waals surface area contributed by atoms with Crippen LogP contribution in [-0.2, 0) is 0 Å². The average molecular weight is 464 g/mol. The van der Waals surface area contributed by atoms with Crippen LogP contribution in [0.5, 0.6) is 0 Å². The van der Waals surface area contributed by atoms with E-state index >= 15 is 0 Å². The van der Waals surface area contributed by atoms with Crippen molar-refractivity contribution >= 4 is 38.6 Å². The third-order valence-electron chi connectivity index (χ3n) is 7.09. The monoisotopic (exact) mass is 463 g/mol. The number of rotatable bonds is 4. The third kappa shape index (κ3) is 3.83. The van der Waals surface area contributed by atoms with Crippen LogP contribution in [0.15, 0.2) is 121 Å². The fourth-order valence-electron chi connectivity index (χ4n) is 5.33. The Balaban J connectivity index is 1.73. The second kappa shape index (κ2) is 9.02. The summed E-state index contributed by atoms with van der Waals surface area (Å²) in [5, 5.41) is 5.02. The summed E-state index contributed by atoms with van der Waals surface area (Å²) in [7, 11) is 0. The summed E-state index contributed by atoms with van der Waals surface area (Å²) in [6.07, 6.45) is 0. The first-order valence-electron chi connectivity index (χ1n) is 12.5. The number of aryl methyl sites for hydroxylation is 3. The van der Waals surface area contributed by atoms with Crippen molar-refractivity contribution in [3.8, 4) is 11.1 Å². The predicted octanol–water partition coefficient (Wildman–Crippen LogP) is 10.1. The summed E-state index contributed by atoms with van der Waals surface area (Å²) >= 11 is 0. The molecule has 0 aliphatic rings. The number of anilines is 3. The topological polar surface area (TPSA) is 3.24 Å². The van der Waals surface area contributed by atoms with Gasteiger partial charge in [-0.05, 0) is 77.7 Å². The smallest absolute Gasteiger partial charge is 0.0546 e. The summed E-state index contributed by atoms with van der Waals surface area (Å²) in [4.78, 5) is 2.43. The number of hydrogen-bond acceptors (Lipinski definition) is 1. The van der Waals surface area contributed by atoms with Gasteiger partial charge in [0.1, 0.15) is 0 Å². The zero-order chi connectivity index (χ0) is 24.6. The van der Waals surface area contributed by atoms with Gasteiger partial charge in [0.25, 0.3) is 0 Å². The highest BCUT2D eigenvalue weighted by Crippen LogP contribution is 2.46. The number of benzene rings is 6. The van der Waals surface area contributed by atoms with Crippen LogP contribution in [0, 0.1) is 20.8 Å². The lowest BCUT2D eigenvalue weighted by atomic mass is 9.91. The van der Waals surface area contributed by atoms with E-state index in [1.165, 1.54) is 60.7 Å². The average Bonchev–Trinajstić information content (AvgIpc) is 2.90. The maximum atomic E-state index is 2.43. The van der Waals surface area contributed by atoms with Gasteiger partial charge in [0.2, 0.25) is 0 Å². The van der Waals surface area contributed by atoms with E-state index in [0.717, 1.165) is 5.69 Å². The van der Waals surface area contributed by atoms with Gasteiger partial charge >= 0.3 is 0 Å². The summed E-state index contributed by atoms with van der Waals surface area (Å²) in [6, 6.07) is 44.2. The second-order valence-electron chi connectivity index (χ2n) is 9.67. The highest BCUT2D eigenvalue weighted by Gasteiger charge is 2.21. The minimum Gasteiger partial charge on any atom is -0.310 e. The highest BCUT2D eigenvalue weighted by molar-refractivity contribution is 6.11. The molecule has 0 saturated carbocycles. The van der Waals surface area contributed by atoms with Crippen molar-refractivity contribution in [1.82, 2.24) is 0 Å². The van der Waals surface area contributed by atoms with Crippen molar-refractivity contribution in [3.05, 3.63) is 138 Å². The van der Waals surface area contributed by atoms with E-state index in [1.807, 2.05) is 0 Å². The molecule has 0 fully saturated rings. The van der Waals surface area contributed by atoms with Crippen molar-refractivity contribution in [1.29, 1.82) is 0 Å². The van der Waals surface area contributed by atoms with Gasteiger partial charge < -0.3 is 4.90 Å². The van der Waals surface area contributed by atoms with E-state index in [2.05, 4.69) is 147 Å². The zero-order valence-electron chi connectivity index (χ0n) is 21.0. The van der Waals surface area contributed by atoms with Crippen LogP contribution in [0.25, 0.3) is 32.7 Å². The van der Waals surface area contributed by atoms with Gasteiger partial charge in [0.05, 0.1) is 5.69 Å². The molecule has 0 aliphatic heterocycles. The number of nitrogens with zero attached hydrogens (tertiary/aromatic N) is 1. The molecule has 174 valence electrons. The van der Waals surface area contributed by atoms with E-state index in [1.54, 1.807) is 0 Å². The molecular weight excluding hydrogens is 434 g/mol. The fraction of sp³-hybridized carbons (Fsp3) is 0.0857. The Kier molecular flexibility index (Phi) is 5.54. The zero-order valence-corrected chi connectivity index (χ0v) is 21.0. The van der Waals surface area contributed by atoms with Crippen LogP contribution in [0.3, 0.4) is 0 Å². The lowest BCUT2D eigenvalue weighted by Crippen LogP contribution is -2.13. The van der Waals surface area contributed by atoms with Gasteiger partial charge in [-0.25, -0.2) is 0 Å². The van der Waals surface area contributed by atoms with Crippen molar-refractivity contribution in [2.75, 3.05) is 4.90 Å². The minimum atomic E-state index is 1.16. The molecule has 1 nitrogen and oxygen atoms in total. The second-order valence-corrected chi connectivity index (χ2v) is 9.67. The van der Waals surface area contributed by atoms with Crippen LogP contribution in [0.4, 0.5) is 17.1 Å². The molecule has 6 aromatic carbocycles. The molecule has 0 saturated heterocycles. The van der Waals surface area contributed by atoms with Crippen molar-refractivity contribution < 1.29 is 0 Å². The van der Waals surface area contributed by atoms with Crippen LogP contribution >= 0.6 is 0 Å². The van der Waals surface area contributed by atoms with Crippen LogP contribution in [0.1, 0.15) is 16.7 Å². The Bertz CT molecular complexity index is 1700. The highest BCUT2D eigenvalue weighted by atomic mass is 15.1. The molecule has 6 aromatic rings. The molecule has 0 unspecified atom stereocenters. The normalized spacial score (nSPS) is 11.2. The van der Waals surface area contributed by atoms with Gasteiger partial charge in [-0.3, -0.25) is 0 Å². The molecule has 0 bridgehead atoms. The summed E-state index contributed by atoms with van der Waals surface area (Å²) in [5.74, 6) is 0. The number of fused-ring (bicyclic) bond motifs is 2. The van der Waals surface area contributed by atoms with Gasteiger partial charge in [0.15, 0.2) is 0 Å². The quantitative estimate of drug-likeness (QED) is 0.251. The predicted molar refractivity (Wildman–Crippen MR) is 156 cm³/mol. The van der Waals surface area contributed by atoms with Crippen LogP contribution in [-0.4, -0.2) is 0 Å². The van der Waals surface area contributed by atoms with E-state index in [0.29, 0.717) is 0 Å². The molecule has 1 heteroatoms. The lowest BCUT2D eigenvalue weighted by molar-refractivity contribution is 1.24. The van der Waals surface area contributed by atoms with Crippen LogP contribution in [0.2, 0.25) is 0 Å². The maximum Gasteiger partial charge on any atom is 0.0546 e. The molecule has 0 amide bonds. The number of hydrogen-bond donors (Lipinski definition) is 0. The van der Waals surface area contributed by atoms with Gasteiger partial charge in [0, 0.05) is 16.9 Å². The Hall–Kier alpha value is -4.36. The summed E-state index contributed by atoms with van der Waals surface area (Å²) in [6.45, 7) is 6.51. The first-order chi connectivity index (χ1) is 17.6. The Morgan fingerprint density at radius 2 is 1.08 bits per heavy atom. The first kappa shape index (κ1) is 22.1. The first-order valence-corrected chi connectivity index (χ1v) is 12.5. The molecular formula is C35H29N. The Morgan fingerprint density at radius 1 is 0.472 bits per heavy atom. The van der Waals surface area contributed by atoms with Gasteiger partial charge in [-0.1, -0.05) is 108 Å². The minimum absolute atomic E-state index is 1.16. The molecule has 0 radical (unpaired) electrons. The van der Waals surface area contributed by atoms with Crippen molar-refractivity contribution in [2.24, 2.45) is 0 Å². The molecule has 0 atom stereocenters. The van der Waals surface area contributed by atoms with Crippen LogP contribution < -0.4 is 4.90 Å². The molecule has 0 aliphatic carbocycles. The SMILES string of the molecule is Cc1ccc(N(c2ccc(C)cc2C)c2ccc3ccccc3c2-c2cccc3ccccc23)cc1. The van der Waals surface area contributed by atoms with Gasteiger partial charge in [-0.2, -0.15) is 0 Å². The molecule has 0 N–H and O–H groups in total. The molecule has 0 aromatic heterocycles. The van der Waals surface area contributed by atoms with Gasteiger partial charge in [-0.15, -0.1) is 0 Å².